The van der Waals surface area contributed by atoms with Crippen molar-refractivity contribution in [2.24, 2.45) is 0 Å². The Morgan fingerprint density at radius 1 is 1.15 bits per heavy atom. The van der Waals surface area contributed by atoms with E-state index in [0.717, 1.165) is 0 Å². The average molecular weight is 268 g/mol. The van der Waals surface area contributed by atoms with Crippen molar-refractivity contribution in [2.75, 3.05) is 12.8 Å². The molecule has 0 fully saturated rings. The maximum Gasteiger partial charge on any atom is 0.244 e. The van der Waals surface area contributed by atoms with Crippen LogP contribution in [-0.4, -0.2) is 12.1 Å². The summed E-state index contributed by atoms with van der Waals surface area (Å²) >= 11 is 0. The Kier molecular flexibility index (Phi) is 3.49. The zero-order valence-corrected chi connectivity index (χ0v) is 10.5. The lowest BCUT2D eigenvalue weighted by molar-refractivity contribution is 0.401. The van der Waals surface area contributed by atoms with Gasteiger partial charge in [0.25, 0.3) is 0 Å². The summed E-state index contributed by atoms with van der Waals surface area (Å²) < 4.78 is 18.0. The van der Waals surface area contributed by atoms with E-state index in [0.29, 0.717) is 11.1 Å². The molecule has 20 heavy (non-hydrogen) atoms. The van der Waals surface area contributed by atoms with E-state index in [1.165, 1.54) is 31.4 Å². The molecule has 98 valence electrons. The van der Waals surface area contributed by atoms with Gasteiger partial charge >= 0.3 is 0 Å². The first-order valence-electron chi connectivity index (χ1n) is 5.50. The van der Waals surface area contributed by atoms with E-state index in [1.807, 2.05) is 0 Å². The SMILES string of the molecule is [C-]#[N+]c1c(N)nc(OC)c([N+]#[C-])c1-c1ccc(F)cc1. The van der Waals surface area contributed by atoms with Crippen LogP contribution in [0.15, 0.2) is 24.3 Å². The van der Waals surface area contributed by atoms with Crippen molar-refractivity contribution in [3.63, 3.8) is 0 Å². The highest BCUT2D eigenvalue weighted by Gasteiger charge is 2.20. The first-order chi connectivity index (χ1) is 9.62. The van der Waals surface area contributed by atoms with Crippen LogP contribution >= 0.6 is 0 Å². The monoisotopic (exact) mass is 268 g/mol. The summed E-state index contributed by atoms with van der Waals surface area (Å²) in [5.41, 5.74) is 6.67. The van der Waals surface area contributed by atoms with Crippen molar-refractivity contribution < 1.29 is 9.13 Å². The summed E-state index contributed by atoms with van der Waals surface area (Å²) in [6.07, 6.45) is 0. The Morgan fingerprint density at radius 3 is 2.25 bits per heavy atom. The number of nitrogens with two attached hydrogens (primary N) is 1. The molecule has 2 N–H and O–H groups in total. The number of nitrogen functional groups attached to an aromatic ring is 1. The third-order valence-corrected chi connectivity index (χ3v) is 2.69. The Labute approximate surface area is 115 Å². The molecule has 1 aromatic heterocycles. The lowest BCUT2D eigenvalue weighted by atomic mass is 10.0. The fourth-order valence-electron chi connectivity index (χ4n) is 1.81. The van der Waals surface area contributed by atoms with Gasteiger partial charge in [0.05, 0.1) is 20.3 Å². The van der Waals surface area contributed by atoms with Crippen molar-refractivity contribution in [3.8, 4) is 17.0 Å². The number of nitrogens with zero attached hydrogens (tertiary/aromatic N) is 3. The number of pyridine rings is 1. The molecular weight excluding hydrogens is 259 g/mol. The number of hydrogen-bond donors (Lipinski definition) is 1. The van der Waals surface area contributed by atoms with Crippen LogP contribution < -0.4 is 10.5 Å². The first-order valence-corrected chi connectivity index (χ1v) is 5.50. The van der Waals surface area contributed by atoms with E-state index in [9.17, 15) is 4.39 Å². The van der Waals surface area contributed by atoms with Gasteiger partial charge in [-0.1, -0.05) is 12.1 Å². The molecule has 1 heterocycles. The summed E-state index contributed by atoms with van der Waals surface area (Å²) in [7, 11) is 1.36. The number of aromatic nitrogens is 1. The number of anilines is 1. The minimum absolute atomic E-state index is 0.0245. The second-order valence-electron chi connectivity index (χ2n) is 3.81. The minimum atomic E-state index is -0.406. The maximum atomic E-state index is 13.0. The average Bonchev–Trinajstić information content (AvgIpc) is 2.46. The molecule has 0 bridgehead atoms. The fourth-order valence-corrected chi connectivity index (χ4v) is 1.81. The Bertz CT molecular complexity index is 742. The number of rotatable bonds is 2. The quantitative estimate of drug-likeness (QED) is 0.847. The third kappa shape index (κ3) is 2.11. The summed E-state index contributed by atoms with van der Waals surface area (Å²) in [6.45, 7) is 14.5. The molecule has 1 aromatic carbocycles. The van der Waals surface area contributed by atoms with Gasteiger partial charge in [0.15, 0.2) is 0 Å². The van der Waals surface area contributed by atoms with E-state index in [-0.39, 0.29) is 23.1 Å². The van der Waals surface area contributed by atoms with Crippen molar-refractivity contribution >= 4 is 17.2 Å². The molecule has 0 amide bonds. The van der Waals surface area contributed by atoms with E-state index in [1.54, 1.807) is 0 Å². The molecule has 0 aliphatic rings. The highest BCUT2D eigenvalue weighted by molar-refractivity contribution is 5.96. The number of methoxy groups -OCH3 is 1. The lowest BCUT2D eigenvalue weighted by Crippen LogP contribution is -1.97. The highest BCUT2D eigenvalue weighted by Crippen LogP contribution is 2.46. The Morgan fingerprint density at radius 2 is 1.75 bits per heavy atom. The number of hydrogen-bond acceptors (Lipinski definition) is 3. The van der Waals surface area contributed by atoms with Gasteiger partial charge < -0.3 is 10.5 Å². The molecule has 0 radical (unpaired) electrons. The number of halogens is 1. The van der Waals surface area contributed by atoms with Crippen LogP contribution in [0, 0.1) is 19.0 Å². The zero-order chi connectivity index (χ0) is 14.7. The Hall–Kier alpha value is -3.12. The lowest BCUT2D eigenvalue weighted by Gasteiger charge is -2.12. The molecule has 2 rings (SSSR count). The second-order valence-corrected chi connectivity index (χ2v) is 3.81. The predicted molar refractivity (Wildman–Crippen MR) is 73.1 cm³/mol. The van der Waals surface area contributed by atoms with Crippen molar-refractivity contribution in [1.82, 2.24) is 4.98 Å². The predicted octanol–water partition coefficient (Wildman–Crippen LogP) is 3.58. The molecule has 0 atom stereocenters. The molecule has 5 nitrogen and oxygen atoms in total. The van der Waals surface area contributed by atoms with Crippen molar-refractivity contribution in [2.45, 2.75) is 0 Å². The summed E-state index contributed by atoms with van der Waals surface area (Å²) in [5.74, 6) is -0.385. The number of ether oxygens (including phenoxy) is 1. The molecule has 0 aliphatic carbocycles. The van der Waals surface area contributed by atoms with Crippen LogP contribution in [0.3, 0.4) is 0 Å². The van der Waals surface area contributed by atoms with Gasteiger partial charge in [0.1, 0.15) is 11.6 Å². The highest BCUT2D eigenvalue weighted by atomic mass is 19.1. The van der Waals surface area contributed by atoms with Crippen LogP contribution in [0.4, 0.5) is 21.6 Å². The Balaban J connectivity index is 2.85. The molecule has 0 saturated carbocycles. The van der Waals surface area contributed by atoms with Crippen LogP contribution in [-0.2, 0) is 0 Å². The van der Waals surface area contributed by atoms with Gasteiger partial charge in [-0.2, -0.15) is 0 Å². The van der Waals surface area contributed by atoms with Crippen LogP contribution in [0.5, 0.6) is 5.88 Å². The smallest absolute Gasteiger partial charge is 0.244 e. The van der Waals surface area contributed by atoms with E-state index in [2.05, 4.69) is 14.7 Å². The van der Waals surface area contributed by atoms with Crippen LogP contribution in [0.25, 0.3) is 20.8 Å². The van der Waals surface area contributed by atoms with Crippen molar-refractivity contribution in [1.29, 1.82) is 0 Å². The van der Waals surface area contributed by atoms with E-state index in [4.69, 9.17) is 23.6 Å². The molecule has 2 aromatic rings. The van der Waals surface area contributed by atoms with E-state index >= 15 is 0 Å². The molecule has 0 spiro atoms. The van der Waals surface area contributed by atoms with Gasteiger partial charge in [-0.15, -0.1) is 0 Å². The normalized spacial score (nSPS) is 9.60. The molecule has 0 saturated heterocycles. The largest absolute Gasteiger partial charge is 0.490 e. The second kappa shape index (κ2) is 5.25. The van der Waals surface area contributed by atoms with E-state index < -0.39 is 5.82 Å². The van der Waals surface area contributed by atoms with Gasteiger partial charge in [-0.25, -0.2) is 19.1 Å². The summed E-state index contributed by atoms with van der Waals surface area (Å²) in [6, 6.07) is 5.46. The molecular formula is C14H9FN4O. The van der Waals surface area contributed by atoms with Crippen LogP contribution in [0.2, 0.25) is 0 Å². The third-order valence-electron chi connectivity index (χ3n) is 2.69. The summed E-state index contributed by atoms with van der Waals surface area (Å²) in [5, 5.41) is 0. The number of benzene rings is 1. The van der Waals surface area contributed by atoms with Gasteiger partial charge in [-0.3, -0.25) is 0 Å². The van der Waals surface area contributed by atoms with Gasteiger partial charge in [-0.05, 0) is 17.7 Å². The summed E-state index contributed by atoms with van der Waals surface area (Å²) in [4.78, 5) is 10.6. The fraction of sp³-hybridized carbons (Fsp3) is 0.0714. The van der Waals surface area contributed by atoms with Crippen LogP contribution in [0.1, 0.15) is 0 Å². The van der Waals surface area contributed by atoms with Gasteiger partial charge in [0.2, 0.25) is 17.3 Å². The molecule has 6 heteroatoms. The first kappa shape index (κ1) is 13.3. The maximum absolute atomic E-state index is 13.0. The topological polar surface area (TPSA) is 56.9 Å². The van der Waals surface area contributed by atoms with Crippen molar-refractivity contribution in [3.05, 3.63) is 52.9 Å². The zero-order valence-electron chi connectivity index (χ0n) is 10.5. The molecule has 0 unspecified atom stereocenters. The van der Waals surface area contributed by atoms with Gasteiger partial charge in [0, 0.05) is 5.56 Å². The molecule has 0 aliphatic heterocycles. The standard InChI is InChI=1S/C14H9FN4O/c1-17-11-10(8-4-6-9(15)7-5-8)12(18-2)14(20-3)19-13(11)16/h4-7H,3H3,(H2,16,19). The minimum Gasteiger partial charge on any atom is -0.490 e.